The van der Waals surface area contributed by atoms with Gasteiger partial charge in [-0.3, -0.25) is 9.88 Å². The molecule has 14 heavy (non-hydrogen) atoms. The molecule has 2 rings (SSSR count). The Morgan fingerprint density at radius 1 is 1.43 bits per heavy atom. The van der Waals surface area contributed by atoms with Crippen LogP contribution in [-0.2, 0) is 6.54 Å². The first-order valence-corrected chi connectivity index (χ1v) is 5.30. The lowest BCUT2D eigenvalue weighted by molar-refractivity contribution is 0.151. The lowest BCUT2D eigenvalue weighted by atomic mass is 9.92. The van der Waals surface area contributed by atoms with Gasteiger partial charge in [-0.2, -0.15) is 0 Å². The molecule has 76 valence electrons. The van der Waals surface area contributed by atoms with Crippen molar-refractivity contribution in [2.75, 3.05) is 7.05 Å². The molecule has 1 aliphatic carbocycles. The molecule has 0 aromatic carbocycles. The van der Waals surface area contributed by atoms with Gasteiger partial charge in [-0.15, -0.1) is 0 Å². The van der Waals surface area contributed by atoms with E-state index in [0.717, 1.165) is 18.3 Å². The predicted octanol–water partition coefficient (Wildman–Crippen LogP) is 2.11. The third kappa shape index (κ3) is 2.22. The highest BCUT2D eigenvalue weighted by atomic mass is 35.5. The first kappa shape index (κ1) is 9.87. The molecule has 0 atom stereocenters. The van der Waals surface area contributed by atoms with E-state index in [0.29, 0.717) is 5.15 Å². The summed E-state index contributed by atoms with van der Waals surface area (Å²) in [7, 11) is 2.14. The predicted molar refractivity (Wildman–Crippen MR) is 56.1 cm³/mol. The topological polar surface area (TPSA) is 29.0 Å². The molecule has 1 saturated carbocycles. The van der Waals surface area contributed by atoms with E-state index < -0.39 is 0 Å². The molecular weight excluding hydrogens is 198 g/mol. The highest BCUT2D eigenvalue weighted by Gasteiger charge is 2.21. The van der Waals surface area contributed by atoms with E-state index in [9.17, 15) is 0 Å². The van der Waals surface area contributed by atoms with E-state index in [-0.39, 0.29) is 0 Å². The maximum atomic E-state index is 5.66. The molecule has 1 aliphatic rings. The van der Waals surface area contributed by atoms with Crippen molar-refractivity contribution in [1.29, 1.82) is 0 Å². The second-order valence-corrected chi connectivity index (χ2v) is 4.22. The Kier molecular flexibility index (Phi) is 2.99. The van der Waals surface area contributed by atoms with Crippen molar-refractivity contribution in [2.24, 2.45) is 0 Å². The van der Waals surface area contributed by atoms with Crippen LogP contribution < -0.4 is 0 Å². The van der Waals surface area contributed by atoms with Gasteiger partial charge in [0.2, 0.25) is 0 Å². The highest BCUT2D eigenvalue weighted by molar-refractivity contribution is 6.29. The quantitative estimate of drug-likeness (QED) is 0.767. The monoisotopic (exact) mass is 211 g/mol. The average molecular weight is 212 g/mol. The van der Waals surface area contributed by atoms with E-state index >= 15 is 0 Å². The van der Waals surface area contributed by atoms with E-state index in [1.807, 2.05) is 0 Å². The van der Waals surface area contributed by atoms with Gasteiger partial charge in [-0.1, -0.05) is 18.0 Å². The fourth-order valence-corrected chi connectivity index (χ4v) is 1.73. The van der Waals surface area contributed by atoms with Gasteiger partial charge in [-0.25, -0.2) is 4.98 Å². The summed E-state index contributed by atoms with van der Waals surface area (Å²) in [6.07, 6.45) is 7.35. The molecule has 0 aliphatic heterocycles. The molecule has 4 heteroatoms. The van der Waals surface area contributed by atoms with Gasteiger partial charge < -0.3 is 0 Å². The fourth-order valence-electron chi connectivity index (χ4n) is 1.63. The molecule has 0 bridgehead atoms. The van der Waals surface area contributed by atoms with Crippen molar-refractivity contribution in [3.05, 3.63) is 23.2 Å². The van der Waals surface area contributed by atoms with Gasteiger partial charge >= 0.3 is 0 Å². The van der Waals surface area contributed by atoms with E-state index in [1.165, 1.54) is 19.3 Å². The highest BCUT2D eigenvalue weighted by Crippen LogP contribution is 2.24. The van der Waals surface area contributed by atoms with Crippen LogP contribution in [0.3, 0.4) is 0 Å². The molecule has 1 heterocycles. The third-order valence-electron chi connectivity index (χ3n) is 2.78. The Hall–Kier alpha value is -0.670. The number of aromatic nitrogens is 2. The number of hydrogen-bond donors (Lipinski definition) is 0. The van der Waals surface area contributed by atoms with Crippen molar-refractivity contribution in [3.63, 3.8) is 0 Å². The molecule has 0 N–H and O–H groups in total. The Morgan fingerprint density at radius 3 is 2.71 bits per heavy atom. The molecular formula is C10H14ClN3. The van der Waals surface area contributed by atoms with Crippen LogP contribution >= 0.6 is 11.6 Å². The molecule has 0 spiro atoms. The zero-order valence-electron chi connectivity index (χ0n) is 8.28. The van der Waals surface area contributed by atoms with Gasteiger partial charge in [0.1, 0.15) is 5.15 Å². The van der Waals surface area contributed by atoms with Crippen molar-refractivity contribution >= 4 is 11.6 Å². The molecule has 0 amide bonds. The minimum absolute atomic E-state index is 0.458. The largest absolute Gasteiger partial charge is 0.298 e. The van der Waals surface area contributed by atoms with Crippen LogP contribution in [-0.4, -0.2) is 28.0 Å². The van der Waals surface area contributed by atoms with Crippen LogP contribution in [0, 0.1) is 0 Å². The maximum Gasteiger partial charge on any atom is 0.147 e. The number of rotatable bonds is 3. The van der Waals surface area contributed by atoms with E-state index in [4.69, 9.17) is 11.6 Å². The summed E-state index contributed by atoms with van der Waals surface area (Å²) in [4.78, 5) is 10.6. The fraction of sp³-hybridized carbons (Fsp3) is 0.600. The van der Waals surface area contributed by atoms with Gasteiger partial charge in [0, 0.05) is 12.6 Å². The van der Waals surface area contributed by atoms with Gasteiger partial charge in [-0.05, 0) is 19.9 Å². The summed E-state index contributed by atoms with van der Waals surface area (Å²) in [6, 6.07) is 0.743. The number of nitrogens with zero attached hydrogens (tertiary/aromatic N) is 3. The molecule has 1 aromatic rings. The number of halogens is 1. The van der Waals surface area contributed by atoms with Crippen LogP contribution in [0.1, 0.15) is 25.0 Å². The van der Waals surface area contributed by atoms with Gasteiger partial charge in [0.05, 0.1) is 18.1 Å². The van der Waals surface area contributed by atoms with Crippen molar-refractivity contribution in [2.45, 2.75) is 31.8 Å². The molecule has 3 nitrogen and oxygen atoms in total. The second-order valence-electron chi connectivity index (χ2n) is 3.83. The van der Waals surface area contributed by atoms with E-state index in [2.05, 4.69) is 21.9 Å². The lowest BCUT2D eigenvalue weighted by Gasteiger charge is -2.34. The van der Waals surface area contributed by atoms with Crippen LogP contribution in [0.4, 0.5) is 0 Å². The summed E-state index contributed by atoms with van der Waals surface area (Å²) in [5, 5.41) is 0.458. The zero-order valence-corrected chi connectivity index (χ0v) is 9.04. The van der Waals surface area contributed by atoms with Gasteiger partial charge in [0.25, 0.3) is 0 Å². The summed E-state index contributed by atoms with van der Waals surface area (Å²) in [6.45, 7) is 0.870. The van der Waals surface area contributed by atoms with Gasteiger partial charge in [0.15, 0.2) is 0 Å². The molecule has 0 unspecified atom stereocenters. The Morgan fingerprint density at radius 2 is 2.21 bits per heavy atom. The van der Waals surface area contributed by atoms with Crippen molar-refractivity contribution < 1.29 is 0 Å². The van der Waals surface area contributed by atoms with E-state index in [1.54, 1.807) is 12.4 Å². The smallest absolute Gasteiger partial charge is 0.147 e. The molecule has 1 fully saturated rings. The lowest BCUT2D eigenvalue weighted by Crippen LogP contribution is -2.36. The first-order chi connectivity index (χ1) is 6.75. The first-order valence-electron chi connectivity index (χ1n) is 4.92. The van der Waals surface area contributed by atoms with Crippen LogP contribution in [0.2, 0.25) is 5.15 Å². The van der Waals surface area contributed by atoms with Crippen LogP contribution in [0.5, 0.6) is 0 Å². The summed E-state index contributed by atoms with van der Waals surface area (Å²) < 4.78 is 0. The Bertz CT molecular complexity index is 295. The Labute approximate surface area is 89.1 Å². The summed E-state index contributed by atoms with van der Waals surface area (Å²) >= 11 is 5.66. The normalized spacial score (nSPS) is 17.1. The van der Waals surface area contributed by atoms with Crippen LogP contribution in [0.15, 0.2) is 12.4 Å². The zero-order chi connectivity index (χ0) is 9.97. The summed E-state index contributed by atoms with van der Waals surface area (Å²) in [5.74, 6) is 0. The van der Waals surface area contributed by atoms with Crippen molar-refractivity contribution in [1.82, 2.24) is 14.9 Å². The molecule has 0 saturated heterocycles. The minimum Gasteiger partial charge on any atom is -0.298 e. The van der Waals surface area contributed by atoms with Crippen LogP contribution in [0.25, 0.3) is 0 Å². The number of hydrogen-bond acceptors (Lipinski definition) is 3. The summed E-state index contributed by atoms with van der Waals surface area (Å²) in [5.41, 5.74) is 0.990. The Balaban J connectivity index is 1.92. The minimum atomic E-state index is 0.458. The maximum absolute atomic E-state index is 5.66. The SMILES string of the molecule is CN(Cc1cnc(Cl)cn1)C1CCC1. The van der Waals surface area contributed by atoms with Crippen molar-refractivity contribution in [3.8, 4) is 0 Å². The molecule has 1 aromatic heterocycles. The third-order valence-corrected chi connectivity index (χ3v) is 2.98. The standard InChI is InChI=1S/C10H14ClN3/c1-14(9-3-2-4-9)7-8-5-13-10(11)6-12-8/h5-6,9H,2-4,7H2,1H3. The molecule has 0 radical (unpaired) electrons. The average Bonchev–Trinajstić information content (AvgIpc) is 2.06. The second kappa shape index (κ2) is 4.24.